The van der Waals surface area contributed by atoms with Crippen molar-refractivity contribution >= 4 is 11.9 Å². The van der Waals surface area contributed by atoms with Gasteiger partial charge in [-0.05, 0) is 24.1 Å². The van der Waals surface area contributed by atoms with Gasteiger partial charge in [0.1, 0.15) is 5.75 Å². The number of para-hydroxylation sites is 1. The monoisotopic (exact) mass is 290 g/mol. The van der Waals surface area contributed by atoms with E-state index in [1.165, 1.54) is 0 Å². The molecule has 110 valence electrons. The number of rotatable bonds is 1. The zero-order chi connectivity index (χ0) is 14.9. The van der Waals surface area contributed by atoms with Crippen molar-refractivity contribution in [3.05, 3.63) is 71.3 Å². The highest BCUT2D eigenvalue weighted by Gasteiger charge is 2.39. The van der Waals surface area contributed by atoms with Gasteiger partial charge in [0.05, 0.1) is 6.61 Å². The molecule has 0 aromatic heterocycles. The molecule has 22 heavy (non-hydrogen) atoms. The molecule has 0 saturated heterocycles. The van der Waals surface area contributed by atoms with Gasteiger partial charge in [0.25, 0.3) is 0 Å². The average molecular weight is 290 g/mol. The third-order valence-corrected chi connectivity index (χ3v) is 4.70. The average Bonchev–Trinajstić information content (AvgIpc) is 2.58. The van der Waals surface area contributed by atoms with Crippen LogP contribution in [0.5, 0.6) is 5.75 Å². The Kier molecular flexibility index (Phi) is 3.30. The molecule has 1 heterocycles. The maximum absolute atomic E-state index is 12.6. The van der Waals surface area contributed by atoms with E-state index in [0.29, 0.717) is 18.9 Å². The Morgan fingerprint density at radius 3 is 2.64 bits per heavy atom. The van der Waals surface area contributed by atoms with E-state index in [4.69, 9.17) is 4.74 Å². The van der Waals surface area contributed by atoms with Crippen molar-refractivity contribution in [1.82, 2.24) is 0 Å². The second-order valence-corrected chi connectivity index (χ2v) is 6.06. The summed E-state index contributed by atoms with van der Waals surface area (Å²) in [5, 5.41) is 0. The fraction of sp³-hybridized carbons (Fsp3) is 0.250. The van der Waals surface area contributed by atoms with Crippen LogP contribution >= 0.6 is 0 Å². The number of allylic oxidation sites excluding steroid dienone is 1. The van der Waals surface area contributed by atoms with Crippen LogP contribution in [0.15, 0.2) is 60.2 Å². The van der Waals surface area contributed by atoms with Gasteiger partial charge in [0.15, 0.2) is 5.78 Å². The van der Waals surface area contributed by atoms with Crippen molar-refractivity contribution in [2.24, 2.45) is 5.92 Å². The standard InChI is InChI=1S/C20H18O2/c21-18-11-10-15-13-22-19-9-5-4-8-16(19)20(15)17(18)12-14-6-2-1-3-7-14/h1-9,12,15,20H,10-11,13H2/t15-,20+/m0/s1. The van der Waals surface area contributed by atoms with Crippen molar-refractivity contribution in [1.29, 1.82) is 0 Å². The quantitative estimate of drug-likeness (QED) is 0.735. The van der Waals surface area contributed by atoms with E-state index in [-0.39, 0.29) is 11.7 Å². The fourth-order valence-electron chi connectivity index (χ4n) is 3.62. The molecule has 1 saturated carbocycles. The van der Waals surface area contributed by atoms with Crippen molar-refractivity contribution in [3.63, 3.8) is 0 Å². The first-order valence-corrected chi connectivity index (χ1v) is 7.84. The highest BCUT2D eigenvalue weighted by Crippen LogP contribution is 2.47. The molecule has 2 aliphatic rings. The lowest BCUT2D eigenvalue weighted by atomic mass is 9.70. The smallest absolute Gasteiger partial charge is 0.159 e. The lowest BCUT2D eigenvalue weighted by Crippen LogP contribution is -2.33. The summed E-state index contributed by atoms with van der Waals surface area (Å²) in [5.74, 6) is 1.79. The second kappa shape index (κ2) is 5.45. The minimum absolute atomic E-state index is 0.173. The topological polar surface area (TPSA) is 26.3 Å². The van der Waals surface area contributed by atoms with Crippen LogP contribution < -0.4 is 4.74 Å². The van der Waals surface area contributed by atoms with Crippen LogP contribution in [0.25, 0.3) is 6.08 Å². The van der Waals surface area contributed by atoms with E-state index in [2.05, 4.69) is 24.3 Å². The number of hydrogen-bond donors (Lipinski definition) is 0. The van der Waals surface area contributed by atoms with E-state index >= 15 is 0 Å². The summed E-state index contributed by atoms with van der Waals surface area (Å²) in [5.41, 5.74) is 3.20. The fourth-order valence-corrected chi connectivity index (χ4v) is 3.62. The summed E-state index contributed by atoms with van der Waals surface area (Å²) >= 11 is 0. The summed E-state index contributed by atoms with van der Waals surface area (Å²) in [4.78, 5) is 12.6. The summed E-state index contributed by atoms with van der Waals surface area (Å²) < 4.78 is 5.89. The molecular weight excluding hydrogens is 272 g/mol. The molecule has 0 amide bonds. The molecule has 4 rings (SSSR count). The third kappa shape index (κ3) is 2.25. The number of Topliss-reactive ketones (excluding diaryl/α,β-unsaturated/α-hetero) is 1. The molecular formula is C20H18O2. The molecule has 0 unspecified atom stereocenters. The maximum Gasteiger partial charge on any atom is 0.159 e. The van der Waals surface area contributed by atoms with Gasteiger partial charge in [-0.2, -0.15) is 0 Å². The van der Waals surface area contributed by atoms with E-state index in [0.717, 1.165) is 28.9 Å². The SMILES string of the molecule is O=C1CC[C@H]2COc3ccccc3[C@@H]2C1=Cc1ccccc1. The molecule has 0 spiro atoms. The van der Waals surface area contributed by atoms with Crippen LogP contribution in [0.4, 0.5) is 0 Å². The molecule has 2 aromatic rings. The zero-order valence-electron chi connectivity index (χ0n) is 12.4. The van der Waals surface area contributed by atoms with Gasteiger partial charge in [0, 0.05) is 29.4 Å². The van der Waals surface area contributed by atoms with Crippen LogP contribution in [0.3, 0.4) is 0 Å². The van der Waals surface area contributed by atoms with E-state index in [1.54, 1.807) is 0 Å². The van der Waals surface area contributed by atoms with Gasteiger partial charge >= 0.3 is 0 Å². The van der Waals surface area contributed by atoms with Gasteiger partial charge in [-0.15, -0.1) is 0 Å². The van der Waals surface area contributed by atoms with Crippen molar-refractivity contribution in [2.45, 2.75) is 18.8 Å². The van der Waals surface area contributed by atoms with Gasteiger partial charge in [-0.3, -0.25) is 4.79 Å². The van der Waals surface area contributed by atoms with Crippen LogP contribution in [0, 0.1) is 5.92 Å². The third-order valence-electron chi connectivity index (χ3n) is 4.70. The molecule has 2 atom stereocenters. The number of ketones is 1. The molecule has 1 fully saturated rings. The second-order valence-electron chi connectivity index (χ2n) is 6.06. The van der Waals surface area contributed by atoms with Gasteiger partial charge < -0.3 is 4.74 Å². The van der Waals surface area contributed by atoms with Crippen molar-refractivity contribution in [3.8, 4) is 5.75 Å². The predicted octanol–water partition coefficient (Wildman–Crippen LogP) is 4.23. The van der Waals surface area contributed by atoms with Gasteiger partial charge in [0.2, 0.25) is 0 Å². The van der Waals surface area contributed by atoms with Gasteiger partial charge in [-0.25, -0.2) is 0 Å². The van der Waals surface area contributed by atoms with Crippen LogP contribution in [-0.2, 0) is 4.79 Å². The van der Waals surface area contributed by atoms with Crippen LogP contribution in [0.1, 0.15) is 29.9 Å². The van der Waals surface area contributed by atoms with Crippen molar-refractivity contribution in [2.75, 3.05) is 6.61 Å². The molecule has 0 radical (unpaired) electrons. The number of benzene rings is 2. The molecule has 2 heteroatoms. The Morgan fingerprint density at radius 1 is 1.00 bits per heavy atom. The van der Waals surface area contributed by atoms with Gasteiger partial charge in [-0.1, -0.05) is 48.5 Å². The first-order chi connectivity index (χ1) is 10.8. The highest BCUT2D eigenvalue weighted by molar-refractivity contribution is 6.02. The first kappa shape index (κ1) is 13.3. The normalized spacial score (nSPS) is 25.3. The van der Waals surface area contributed by atoms with Crippen LogP contribution in [0.2, 0.25) is 0 Å². The number of carbonyl (C=O) groups is 1. The molecule has 2 aromatic carbocycles. The summed E-state index contributed by atoms with van der Waals surface area (Å²) in [6.45, 7) is 0.709. The lowest BCUT2D eigenvalue weighted by molar-refractivity contribution is -0.117. The first-order valence-electron chi connectivity index (χ1n) is 7.84. The predicted molar refractivity (Wildman–Crippen MR) is 86.8 cm³/mol. The van der Waals surface area contributed by atoms with E-state index < -0.39 is 0 Å². The number of hydrogen-bond acceptors (Lipinski definition) is 2. The number of ether oxygens (including phenoxy) is 1. The lowest BCUT2D eigenvalue weighted by Gasteiger charge is -2.38. The summed E-state index contributed by atoms with van der Waals surface area (Å²) in [6, 6.07) is 18.2. The molecule has 2 nitrogen and oxygen atoms in total. The molecule has 0 bridgehead atoms. The Bertz CT molecular complexity index is 730. The molecule has 1 aliphatic carbocycles. The van der Waals surface area contributed by atoms with Crippen molar-refractivity contribution < 1.29 is 9.53 Å². The minimum atomic E-state index is 0.173. The largest absolute Gasteiger partial charge is 0.493 e. The van der Waals surface area contributed by atoms with E-state index in [1.807, 2.05) is 36.4 Å². The summed E-state index contributed by atoms with van der Waals surface area (Å²) in [7, 11) is 0. The number of carbonyl (C=O) groups excluding carboxylic acids is 1. The zero-order valence-corrected chi connectivity index (χ0v) is 12.4. The Hall–Kier alpha value is -2.35. The molecule has 1 aliphatic heterocycles. The molecule has 0 N–H and O–H groups in total. The Balaban J connectivity index is 1.83. The Labute approximate surface area is 130 Å². The highest BCUT2D eigenvalue weighted by atomic mass is 16.5. The number of fused-ring (bicyclic) bond motifs is 3. The van der Waals surface area contributed by atoms with E-state index in [9.17, 15) is 4.79 Å². The van der Waals surface area contributed by atoms with Crippen LogP contribution in [-0.4, -0.2) is 12.4 Å². The maximum atomic E-state index is 12.6. The Morgan fingerprint density at radius 2 is 1.77 bits per heavy atom. The summed E-state index contributed by atoms with van der Waals surface area (Å²) in [6.07, 6.45) is 3.62. The minimum Gasteiger partial charge on any atom is -0.493 e.